The van der Waals surface area contributed by atoms with Gasteiger partial charge in [-0.3, -0.25) is 10.1 Å². The third-order valence-electron chi connectivity index (χ3n) is 2.96. The van der Waals surface area contributed by atoms with Crippen LogP contribution in [0.1, 0.15) is 12.7 Å². The van der Waals surface area contributed by atoms with Crippen molar-refractivity contribution >= 4 is 29.3 Å². The Kier molecular flexibility index (Phi) is 5.35. The average Bonchev–Trinajstić information content (AvgIpc) is 3.01. The monoisotopic (exact) mass is 346 g/mol. The molecule has 2 rings (SSSR count). The van der Waals surface area contributed by atoms with E-state index in [-0.39, 0.29) is 34.4 Å². The Morgan fingerprint density at radius 3 is 2.83 bits per heavy atom. The Labute approximate surface area is 141 Å². The van der Waals surface area contributed by atoms with Crippen LogP contribution in [-0.4, -0.2) is 17.5 Å². The summed E-state index contributed by atoms with van der Waals surface area (Å²) in [6, 6.07) is 8.74. The number of nitrogens with zero attached hydrogens (tertiary/aromatic N) is 2. The van der Waals surface area contributed by atoms with Gasteiger partial charge in [0.15, 0.2) is 0 Å². The fourth-order valence-electron chi connectivity index (χ4n) is 1.88. The first kappa shape index (κ1) is 17.2. The van der Waals surface area contributed by atoms with Crippen LogP contribution in [0.15, 0.2) is 40.3 Å². The molecule has 2 aromatic rings. The predicted molar refractivity (Wildman–Crippen MR) is 86.0 cm³/mol. The van der Waals surface area contributed by atoms with Gasteiger partial charge in [0.25, 0.3) is 5.69 Å². The Hall–Kier alpha value is -3.11. The summed E-state index contributed by atoms with van der Waals surface area (Å²) in [7, 11) is 0. The lowest BCUT2D eigenvalue weighted by Gasteiger charge is -2.01. The van der Waals surface area contributed by atoms with E-state index in [1.54, 1.807) is 13.0 Å². The Morgan fingerprint density at radius 2 is 2.21 bits per heavy atom. The predicted octanol–water partition coefficient (Wildman–Crippen LogP) is 3.98. The summed E-state index contributed by atoms with van der Waals surface area (Å²) in [6.07, 6.45) is 1.23. The van der Waals surface area contributed by atoms with E-state index >= 15 is 0 Å². The minimum absolute atomic E-state index is 0.132. The Bertz CT molecular complexity index is 864. The number of carbonyl (C=O) groups excluding carboxylic acids is 1. The van der Waals surface area contributed by atoms with Gasteiger partial charge in [-0.15, -0.1) is 0 Å². The van der Waals surface area contributed by atoms with Crippen LogP contribution in [0.25, 0.3) is 17.4 Å². The maximum absolute atomic E-state index is 11.6. The molecular weight excluding hydrogens is 336 g/mol. The summed E-state index contributed by atoms with van der Waals surface area (Å²) >= 11 is 6.04. The fourth-order valence-corrected chi connectivity index (χ4v) is 2.09. The van der Waals surface area contributed by atoms with Gasteiger partial charge in [0.1, 0.15) is 23.2 Å². The number of furan rings is 1. The zero-order valence-corrected chi connectivity index (χ0v) is 13.2. The van der Waals surface area contributed by atoms with E-state index in [9.17, 15) is 14.9 Å². The van der Waals surface area contributed by atoms with Crippen molar-refractivity contribution in [3.05, 3.63) is 56.8 Å². The van der Waals surface area contributed by atoms with Crippen LogP contribution in [-0.2, 0) is 9.53 Å². The maximum atomic E-state index is 11.6. The van der Waals surface area contributed by atoms with Crippen molar-refractivity contribution in [3.63, 3.8) is 0 Å². The maximum Gasteiger partial charge on any atom is 0.349 e. The van der Waals surface area contributed by atoms with Crippen molar-refractivity contribution in [2.24, 2.45) is 0 Å². The quantitative estimate of drug-likeness (QED) is 0.266. The van der Waals surface area contributed by atoms with Gasteiger partial charge in [0, 0.05) is 23.8 Å². The van der Waals surface area contributed by atoms with Crippen LogP contribution in [0.2, 0.25) is 5.02 Å². The highest BCUT2D eigenvalue weighted by Gasteiger charge is 2.15. The van der Waals surface area contributed by atoms with E-state index in [2.05, 4.69) is 0 Å². The number of hydrogen-bond acceptors (Lipinski definition) is 6. The third kappa shape index (κ3) is 3.80. The molecule has 24 heavy (non-hydrogen) atoms. The highest BCUT2D eigenvalue weighted by atomic mass is 35.5. The van der Waals surface area contributed by atoms with E-state index in [0.29, 0.717) is 5.56 Å². The van der Waals surface area contributed by atoms with Crippen LogP contribution in [0.3, 0.4) is 0 Å². The van der Waals surface area contributed by atoms with Gasteiger partial charge < -0.3 is 9.15 Å². The van der Waals surface area contributed by atoms with Crippen molar-refractivity contribution in [2.75, 3.05) is 6.61 Å². The largest absolute Gasteiger partial charge is 0.462 e. The molecule has 0 unspecified atom stereocenters. The van der Waals surface area contributed by atoms with Gasteiger partial charge in [-0.05, 0) is 25.1 Å². The van der Waals surface area contributed by atoms with Gasteiger partial charge in [-0.25, -0.2) is 4.79 Å². The third-order valence-corrected chi connectivity index (χ3v) is 3.28. The highest BCUT2D eigenvalue weighted by Crippen LogP contribution is 2.33. The zero-order chi connectivity index (χ0) is 17.7. The van der Waals surface area contributed by atoms with Crippen LogP contribution in [0, 0.1) is 21.4 Å². The van der Waals surface area contributed by atoms with Crippen molar-refractivity contribution in [3.8, 4) is 17.4 Å². The number of benzene rings is 1. The van der Waals surface area contributed by atoms with Gasteiger partial charge in [0.2, 0.25) is 0 Å². The number of nitro benzene ring substituents is 1. The summed E-state index contributed by atoms with van der Waals surface area (Å²) in [4.78, 5) is 21.9. The van der Waals surface area contributed by atoms with Crippen LogP contribution < -0.4 is 0 Å². The van der Waals surface area contributed by atoms with Crippen LogP contribution in [0.5, 0.6) is 0 Å². The number of rotatable bonds is 5. The summed E-state index contributed by atoms with van der Waals surface area (Å²) < 4.78 is 10.3. The molecule has 0 bridgehead atoms. The second-order valence-corrected chi connectivity index (χ2v) is 4.92. The molecule has 0 spiro atoms. The molecular formula is C16H11ClN2O5. The molecule has 7 nitrogen and oxygen atoms in total. The molecule has 0 saturated heterocycles. The minimum atomic E-state index is -0.758. The SMILES string of the molecule is CCOC(=O)/C(C#N)=C\c1ccc(-c2cc([N+](=O)[O-])ccc2Cl)o1. The summed E-state index contributed by atoms with van der Waals surface area (Å²) in [5, 5.41) is 20.1. The van der Waals surface area contributed by atoms with Gasteiger partial charge >= 0.3 is 5.97 Å². The first-order valence-corrected chi connectivity index (χ1v) is 7.17. The number of ether oxygens (including phenoxy) is 1. The number of hydrogen-bond donors (Lipinski definition) is 0. The van der Waals surface area contributed by atoms with Crippen LogP contribution >= 0.6 is 11.6 Å². The molecule has 1 aromatic carbocycles. The minimum Gasteiger partial charge on any atom is -0.462 e. The topological polar surface area (TPSA) is 106 Å². The molecule has 1 heterocycles. The molecule has 0 saturated carbocycles. The zero-order valence-electron chi connectivity index (χ0n) is 12.5. The normalized spacial score (nSPS) is 11.0. The number of esters is 1. The number of nitriles is 1. The number of halogens is 1. The van der Waals surface area contributed by atoms with Crippen molar-refractivity contribution in [1.82, 2.24) is 0 Å². The van der Waals surface area contributed by atoms with Crippen LogP contribution in [0.4, 0.5) is 5.69 Å². The molecule has 122 valence electrons. The molecule has 0 aliphatic carbocycles. The lowest BCUT2D eigenvalue weighted by atomic mass is 10.1. The molecule has 8 heteroatoms. The van der Waals surface area contributed by atoms with E-state index < -0.39 is 10.9 Å². The molecule has 0 fully saturated rings. The average molecular weight is 347 g/mol. The first-order valence-electron chi connectivity index (χ1n) is 6.79. The Balaban J connectivity index is 2.38. The lowest BCUT2D eigenvalue weighted by Crippen LogP contribution is -2.05. The van der Waals surface area contributed by atoms with Gasteiger partial charge in [-0.1, -0.05) is 11.6 Å². The number of nitro groups is 1. The fraction of sp³-hybridized carbons (Fsp3) is 0.125. The van der Waals surface area contributed by atoms with E-state index in [4.69, 9.17) is 26.0 Å². The van der Waals surface area contributed by atoms with Gasteiger partial charge in [0.05, 0.1) is 16.6 Å². The highest BCUT2D eigenvalue weighted by molar-refractivity contribution is 6.33. The van der Waals surface area contributed by atoms with Gasteiger partial charge in [-0.2, -0.15) is 5.26 Å². The number of carbonyl (C=O) groups is 1. The summed E-state index contributed by atoms with van der Waals surface area (Å²) in [5.74, 6) is -0.264. The molecule has 0 aliphatic rings. The first-order chi connectivity index (χ1) is 11.5. The van der Waals surface area contributed by atoms with E-state index in [1.165, 1.54) is 36.4 Å². The second kappa shape index (κ2) is 7.44. The molecule has 0 amide bonds. The Morgan fingerprint density at radius 1 is 1.46 bits per heavy atom. The molecule has 0 aliphatic heterocycles. The lowest BCUT2D eigenvalue weighted by molar-refractivity contribution is -0.384. The standard InChI is InChI=1S/C16H11ClN2O5/c1-2-23-16(20)10(9-18)7-12-4-6-15(24-12)13-8-11(19(21)22)3-5-14(13)17/h3-8H,2H2,1H3/b10-7-. The van der Waals surface area contributed by atoms with E-state index in [1.807, 2.05) is 0 Å². The second-order valence-electron chi connectivity index (χ2n) is 4.51. The molecule has 0 atom stereocenters. The van der Waals surface area contributed by atoms with Crippen molar-refractivity contribution < 1.29 is 18.9 Å². The number of non-ortho nitro benzene ring substituents is 1. The van der Waals surface area contributed by atoms with Crippen molar-refractivity contribution in [2.45, 2.75) is 6.92 Å². The summed E-state index contributed by atoms with van der Waals surface area (Å²) in [6.45, 7) is 1.77. The summed E-state index contributed by atoms with van der Waals surface area (Å²) in [5.41, 5.74) is -0.0184. The molecule has 0 radical (unpaired) electrons. The van der Waals surface area contributed by atoms with Crippen molar-refractivity contribution in [1.29, 1.82) is 5.26 Å². The molecule has 1 aromatic heterocycles. The van der Waals surface area contributed by atoms with E-state index in [0.717, 1.165) is 0 Å². The smallest absolute Gasteiger partial charge is 0.349 e. The molecule has 0 N–H and O–H groups in total.